The number of aliphatic hydroxyl groups is 1. The average molecular weight is 217 g/mol. The fraction of sp³-hybridized carbons (Fsp3) is 1.00. The fourth-order valence-electron chi connectivity index (χ4n) is 2.05. The second-order valence-corrected chi connectivity index (χ2v) is 6.19. The molecule has 0 saturated carbocycles. The van der Waals surface area contributed by atoms with Crippen LogP contribution in [0.3, 0.4) is 0 Å². The summed E-state index contributed by atoms with van der Waals surface area (Å²) in [5.74, 6) is 2.50. The Morgan fingerprint density at radius 1 is 1.57 bits per heavy atom. The van der Waals surface area contributed by atoms with Gasteiger partial charge in [-0.2, -0.15) is 11.8 Å². The molecule has 0 radical (unpaired) electrons. The molecule has 1 rings (SSSR count). The highest BCUT2D eigenvalue weighted by molar-refractivity contribution is 7.99. The Kier molecular flexibility index (Phi) is 4.74. The highest BCUT2D eigenvalue weighted by atomic mass is 32.2. The van der Waals surface area contributed by atoms with E-state index in [-0.39, 0.29) is 6.61 Å². The van der Waals surface area contributed by atoms with E-state index in [9.17, 15) is 0 Å². The van der Waals surface area contributed by atoms with Crippen molar-refractivity contribution in [3.8, 4) is 0 Å². The Morgan fingerprint density at radius 3 is 2.86 bits per heavy atom. The fourth-order valence-corrected chi connectivity index (χ4v) is 3.34. The van der Waals surface area contributed by atoms with Gasteiger partial charge in [-0.3, -0.25) is 0 Å². The molecule has 3 heteroatoms. The molecule has 14 heavy (non-hydrogen) atoms. The summed E-state index contributed by atoms with van der Waals surface area (Å²) in [4.78, 5) is 0. The van der Waals surface area contributed by atoms with Crippen LogP contribution in [0.5, 0.6) is 0 Å². The van der Waals surface area contributed by atoms with Crippen LogP contribution in [-0.4, -0.2) is 35.3 Å². The van der Waals surface area contributed by atoms with Crippen molar-refractivity contribution in [1.82, 2.24) is 5.32 Å². The maximum atomic E-state index is 8.82. The van der Waals surface area contributed by atoms with Crippen molar-refractivity contribution < 1.29 is 5.11 Å². The third kappa shape index (κ3) is 4.20. The Balaban J connectivity index is 2.30. The normalized spacial score (nSPS) is 28.7. The molecular weight excluding hydrogens is 194 g/mol. The molecule has 0 aromatic carbocycles. The maximum Gasteiger partial charge on any atom is 0.0445 e. The summed E-state index contributed by atoms with van der Waals surface area (Å²) in [5.41, 5.74) is 0.472. The van der Waals surface area contributed by atoms with E-state index in [0.717, 1.165) is 6.42 Å². The molecule has 0 spiro atoms. The lowest BCUT2D eigenvalue weighted by atomic mass is 9.87. The standard InChI is InChI=1S/C11H23NOS/c1-9(4-5-13)12-10-6-11(2,3)8-14-7-10/h9-10,12-13H,4-8H2,1-3H3. The van der Waals surface area contributed by atoms with Crippen molar-refractivity contribution in [2.75, 3.05) is 18.1 Å². The van der Waals surface area contributed by atoms with E-state index in [1.807, 2.05) is 11.8 Å². The molecule has 1 fully saturated rings. The lowest BCUT2D eigenvalue weighted by molar-refractivity contribution is 0.250. The lowest BCUT2D eigenvalue weighted by Gasteiger charge is -2.36. The topological polar surface area (TPSA) is 32.3 Å². The first-order valence-corrected chi connectivity index (χ1v) is 6.63. The van der Waals surface area contributed by atoms with Crippen molar-refractivity contribution in [3.63, 3.8) is 0 Å². The molecule has 84 valence electrons. The molecule has 0 aromatic heterocycles. The first-order valence-electron chi connectivity index (χ1n) is 5.48. The minimum Gasteiger partial charge on any atom is -0.396 e. The van der Waals surface area contributed by atoms with Crippen LogP contribution in [0.15, 0.2) is 0 Å². The van der Waals surface area contributed by atoms with E-state index in [2.05, 4.69) is 26.1 Å². The Morgan fingerprint density at radius 2 is 2.29 bits per heavy atom. The number of nitrogens with one attached hydrogen (secondary N) is 1. The van der Waals surface area contributed by atoms with Gasteiger partial charge in [-0.05, 0) is 30.9 Å². The van der Waals surface area contributed by atoms with Gasteiger partial charge in [-0.25, -0.2) is 0 Å². The van der Waals surface area contributed by atoms with Gasteiger partial charge < -0.3 is 10.4 Å². The van der Waals surface area contributed by atoms with Crippen molar-refractivity contribution in [3.05, 3.63) is 0 Å². The van der Waals surface area contributed by atoms with Crippen molar-refractivity contribution in [2.24, 2.45) is 5.41 Å². The van der Waals surface area contributed by atoms with Crippen LogP contribution in [0.25, 0.3) is 0 Å². The van der Waals surface area contributed by atoms with E-state index in [1.54, 1.807) is 0 Å². The van der Waals surface area contributed by atoms with Gasteiger partial charge in [0, 0.05) is 24.4 Å². The maximum absolute atomic E-state index is 8.82. The predicted octanol–water partition coefficient (Wildman–Crippen LogP) is 1.88. The van der Waals surface area contributed by atoms with Gasteiger partial charge in [0.2, 0.25) is 0 Å². The van der Waals surface area contributed by atoms with Gasteiger partial charge in [-0.1, -0.05) is 13.8 Å². The monoisotopic (exact) mass is 217 g/mol. The van der Waals surface area contributed by atoms with Crippen LogP contribution in [0.1, 0.15) is 33.6 Å². The van der Waals surface area contributed by atoms with Crippen LogP contribution in [0, 0.1) is 5.41 Å². The van der Waals surface area contributed by atoms with Crippen molar-refractivity contribution >= 4 is 11.8 Å². The lowest BCUT2D eigenvalue weighted by Crippen LogP contribution is -2.44. The zero-order valence-electron chi connectivity index (χ0n) is 9.55. The molecule has 2 unspecified atom stereocenters. The van der Waals surface area contributed by atoms with Gasteiger partial charge in [-0.15, -0.1) is 0 Å². The highest BCUT2D eigenvalue weighted by Gasteiger charge is 2.28. The third-order valence-corrected chi connectivity index (χ3v) is 4.32. The average Bonchev–Trinajstić information content (AvgIpc) is 2.02. The van der Waals surface area contributed by atoms with Gasteiger partial charge in [0.05, 0.1) is 0 Å². The van der Waals surface area contributed by atoms with Gasteiger partial charge in [0.15, 0.2) is 0 Å². The molecule has 0 aliphatic carbocycles. The summed E-state index contributed by atoms with van der Waals surface area (Å²) in [5, 5.41) is 12.4. The van der Waals surface area contributed by atoms with Gasteiger partial charge in [0.1, 0.15) is 0 Å². The highest BCUT2D eigenvalue weighted by Crippen LogP contribution is 2.33. The minimum absolute atomic E-state index is 0.289. The summed E-state index contributed by atoms with van der Waals surface area (Å²) in [7, 11) is 0. The molecule has 2 nitrogen and oxygen atoms in total. The Hall–Kier alpha value is 0.270. The molecular formula is C11H23NOS. The SMILES string of the molecule is CC(CCO)NC1CSCC(C)(C)C1. The Labute approximate surface area is 91.9 Å². The van der Waals surface area contributed by atoms with Gasteiger partial charge in [0.25, 0.3) is 0 Å². The van der Waals surface area contributed by atoms with Gasteiger partial charge >= 0.3 is 0 Å². The summed E-state index contributed by atoms with van der Waals surface area (Å²) in [6.07, 6.45) is 2.12. The summed E-state index contributed by atoms with van der Waals surface area (Å²) in [6, 6.07) is 1.07. The van der Waals surface area contributed by atoms with Crippen LogP contribution in [0.2, 0.25) is 0 Å². The van der Waals surface area contributed by atoms with Crippen LogP contribution in [0.4, 0.5) is 0 Å². The van der Waals surface area contributed by atoms with Crippen LogP contribution >= 0.6 is 11.8 Å². The summed E-state index contributed by atoms with van der Waals surface area (Å²) < 4.78 is 0. The second kappa shape index (κ2) is 5.38. The zero-order chi connectivity index (χ0) is 10.6. The number of rotatable bonds is 4. The van der Waals surface area contributed by atoms with Crippen molar-refractivity contribution in [1.29, 1.82) is 0 Å². The number of aliphatic hydroxyl groups excluding tert-OH is 1. The largest absolute Gasteiger partial charge is 0.396 e. The number of thioether (sulfide) groups is 1. The van der Waals surface area contributed by atoms with E-state index in [4.69, 9.17) is 5.11 Å². The quantitative estimate of drug-likeness (QED) is 0.754. The second-order valence-electron chi connectivity index (χ2n) is 5.16. The van der Waals surface area contributed by atoms with E-state index in [0.29, 0.717) is 17.5 Å². The molecule has 0 bridgehead atoms. The molecule has 1 heterocycles. The molecule has 2 atom stereocenters. The third-order valence-electron chi connectivity index (χ3n) is 2.69. The van der Waals surface area contributed by atoms with Crippen LogP contribution in [-0.2, 0) is 0 Å². The molecule has 0 amide bonds. The summed E-state index contributed by atoms with van der Waals surface area (Å²) >= 11 is 2.05. The van der Waals surface area contributed by atoms with Crippen molar-refractivity contribution in [2.45, 2.75) is 45.7 Å². The van der Waals surface area contributed by atoms with E-state index < -0.39 is 0 Å². The van der Waals surface area contributed by atoms with Crippen LogP contribution < -0.4 is 5.32 Å². The molecule has 0 aromatic rings. The van der Waals surface area contributed by atoms with E-state index >= 15 is 0 Å². The molecule has 1 saturated heterocycles. The predicted molar refractivity (Wildman–Crippen MR) is 63.8 cm³/mol. The molecule has 2 N–H and O–H groups in total. The molecule has 1 aliphatic rings. The first-order chi connectivity index (χ1) is 6.53. The zero-order valence-corrected chi connectivity index (χ0v) is 10.4. The molecule has 1 aliphatic heterocycles. The summed E-state index contributed by atoms with van der Waals surface area (Å²) in [6.45, 7) is 7.12. The smallest absolute Gasteiger partial charge is 0.0445 e. The first kappa shape index (κ1) is 12.3. The van der Waals surface area contributed by atoms with E-state index in [1.165, 1.54) is 17.9 Å². The Bertz CT molecular complexity index is 173. The number of hydrogen-bond donors (Lipinski definition) is 2. The minimum atomic E-state index is 0.289. The number of hydrogen-bond acceptors (Lipinski definition) is 3.